The molecule has 1 fully saturated rings. The fourth-order valence-electron chi connectivity index (χ4n) is 2.02. The molecule has 98 valence electrons. The molecule has 0 saturated carbocycles. The van der Waals surface area contributed by atoms with Crippen molar-refractivity contribution in [3.63, 3.8) is 0 Å². The number of urea groups is 1. The van der Waals surface area contributed by atoms with Crippen molar-refractivity contribution in [2.75, 3.05) is 11.9 Å². The van der Waals surface area contributed by atoms with E-state index in [4.69, 9.17) is 0 Å². The van der Waals surface area contributed by atoms with Gasteiger partial charge in [-0.05, 0) is 26.7 Å². The van der Waals surface area contributed by atoms with Crippen LogP contribution in [0.1, 0.15) is 24.8 Å². The van der Waals surface area contributed by atoms with Gasteiger partial charge in [0.15, 0.2) is 0 Å². The number of hydrogen-bond acceptors (Lipinski definition) is 5. The van der Waals surface area contributed by atoms with Gasteiger partial charge in [-0.2, -0.15) is 0 Å². The maximum absolute atomic E-state index is 12.0. The van der Waals surface area contributed by atoms with Gasteiger partial charge in [0, 0.05) is 6.54 Å². The SMILES string of the molecule is Cc1nnc(NC(=O)N2CCCC2(C)C(=O)O)s1. The van der Waals surface area contributed by atoms with E-state index in [1.165, 1.54) is 16.2 Å². The average molecular weight is 270 g/mol. The van der Waals surface area contributed by atoms with Crippen LogP contribution < -0.4 is 5.32 Å². The lowest BCUT2D eigenvalue weighted by Crippen LogP contribution is -2.52. The third-order valence-electron chi connectivity index (χ3n) is 3.09. The number of nitrogens with zero attached hydrogens (tertiary/aromatic N) is 3. The summed E-state index contributed by atoms with van der Waals surface area (Å²) >= 11 is 1.26. The number of likely N-dealkylation sites (tertiary alicyclic amines) is 1. The van der Waals surface area contributed by atoms with Gasteiger partial charge in [0.25, 0.3) is 0 Å². The van der Waals surface area contributed by atoms with Gasteiger partial charge in [0.05, 0.1) is 0 Å². The number of aromatic nitrogens is 2. The van der Waals surface area contributed by atoms with Crippen molar-refractivity contribution in [2.45, 2.75) is 32.2 Å². The number of aliphatic carboxylic acids is 1. The van der Waals surface area contributed by atoms with Crippen LogP contribution in [-0.4, -0.2) is 44.3 Å². The summed E-state index contributed by atoms with van der Waals surface area (Å²) in [7, 11) is 0. The van der Waals surface area contributed by atoms with Gasteiger partial charge in [-0.25, -0.2) is 9.59 Å². The molecular weight excluding hydrogens is 256 g/mol. The smallest absolute Gasteiger partial charge is 0.329 e. The Bertz CT molecular complexity index is 489. The molecule has 1 saturated heterocycles. The van der Waals surface area contributed by atoms with E-state index in [1.807, 2.05) is 0 Å². The van der Waals surface area contributed by atoms with Crippen LogP contribution >= 0.6 is 11.3 Å². The maximum atomic E-state index is 12.0. The molecule has 2 rings (SSSR count). The average Bonchev–Trinajstić information content (AvgIpc) is 2.86. The normalized spacial score (nSPS) is 23.1. The Morgan fingerprint density at radius 3 is 2.78 bits per heavy atom. The Kier molecular flexibility index (Phi) is 3.20. The minimum atomic E-state index is -1.14. The molecule has 1 aromatic heterocycles. The van der Waals surface area contributed by atoms with Gasteiger partial charge >= 0.3 is 12.0 Å². The number of amides is 2. The predicted octanol–water partition coefficient (Wildman–Crippen LogP) is 1.32. The topological polar surface area (TPSA) is 95.4 Å². The number of carboxylic acids is 1. The Morgan fingerprint density at radius 1 is 1.50 bits per heavy atom. The summed E-state index contributed by atoms with van der Waals surface area (Å²) in [5.74, 6) is -0.983. The van der Waals surface area contributed by atoms with E-state index in [2.05, 4.69) is 15.5 Å². The molecule has 2 N–H and O–H groups in total. The highest BCUT2D eigenvalue weighted by Crippen LogP contribution is 2.30. The minimum absolute atomic E-state index is 0.386. The number of carboxylic acid groups (broad SMARTS) is 1. The highest BCUT2D eigenvalue weighted by molar-refractivity contribution is 7.15. The number of aryl methyl sites for hydroxylation is 1. The summed E-state index contributed by atoms with van der Waals surface area (Å²) in [4.78, 5) is 24.6. The van der Waals surface area contributed by atoms with Crippen LogP contribution in [0.2, 0.25) is 0 Å². The molecule has 2 heterocycles. The molecule has 0 aromatic carbocycles. The van der Waals surface area contributed by atoms with Crippen LogP contribution in [0.3, 0.4) is 0 Å². The van der Waals surface area contributed by atoms with Gasteiger partial charge < -0.3 is 10.0 Å². The molecular formula is C10H14N4O3S. The molecule has 1 atom stereocenters. The van der Waals surface area contributed by atoms with Gasteiger partial charge in [0.1, 0.15) is 10.5 Å². The van der Waals surface area contributed by atoms with Gasteiger partial charge in [-0.1, -0.05) is 11.3 Å². The van der Waals surface area contributed by atoms with E-state index < -0.39 is 17.5 Å². The Morgan fingerprint density at radius 2 is 2.22 bits per heavy atom. The molecule has 7 nitrogen and oxygen atoms in total. The zero-order chi connectivity index (χ0) is 13.3. The molecule has 0 radical (unpaired) electrons. The van der Waals surface area contributed by atoms with Crippen LogP contribution in [0.5, 0.6) is 0 Å². The first kappa shape index (κ1) is 12.7. The van der Waals surface area contributed by atoms with E-state index in [-0.39, 0.29) is 0 Å². The lowest BCUT2D eigenvalue weighted by molar-refractivity contribution is -0.146. The van der Waals surface area contributed by atoms with Crippen LogP contribution in [0.15, 0.2) is 0 Å². The molecule has 0 bridgehead atoms. The summed E-state index contributed by atoms with van der Waals surface area (Å²) in [5.41, 5.74) is -1.14. The number of anilines is 1. The van der Waals surface area contributed by atoms with Crippen molar-refractivity contribution in [3.8, 4) is 0 Å². The summed E-state index contributed by atoms with van der Waals surface area (Å²) < 4.78 is 0. The van der Waals surface area contributed by atoms with E-state index >= 15 is 0 Å². The monoisotopic (exact) mass is 270 g/mol. The minimum Gasteiger partial charge on any atom is -0.480 e. The summed E-state index contributed by atoms with van der Waals surface area (Å²) in [6, 6.07) is -0.437. The first-order valence-corrected chi connectivity index (χ1v) is 6.37. The second kappa shape index (κ2) is 4.52. The Labute approximate surface area is 108 Å². The highest BCUT2D eigenvalue weighted by Gasteiger charge is 2.46. The zero-order valence-electron chi connectivity index (χ0n) is 10.1. The van der Waals surface area contributed by atoms with Crippen LogP contribution in [0.4, 0.5) is 9.93 Å². The number of nitrogens with one attached hydrogen (secondary N) is 1. The lowest BCUT2D eigenvalue weighted by Gasteiger charge is -2.30. The second-order valence-corrected chi connectivity index (χ2v) is 5.57. The summed E-state index contributed by atoms with van der Waals surface area (Å²) in [6.45, 7) is 3.78. The predicted molar refractivity (Wildman–Crippen MR) is 65.6 cm³/mol. The van der Waals surface area contributed by atoms with Crippen molar-refractivity contribution in [3.05, 3.63) is 5.01 Å². The molecule has 0 spiro atoms. The first-order valence-electron chi connectivity index (χ1n) is 5.55. The largest absolute Gasteiger partial charge is 0.480 e. The van der Waals surface area contributed by atoms with E-state index in [9.17, 15) is 14.7 Å². The number of hydrogen-bond donors (Lipinski definition) is 2. The van der Waals surface area contributed by atoms with Crippen molar-refractivity contribution in [1.82, 2.24) is 15.1 Å². The fraction of sp³-hybridized carbons (Fsp3) is 0.600. The summed E-state index contributed by atoms with van der Waals surface area (Å²) in [5, 5.41) is 20.5. The van der Waals surface area contributed by atoms with Gasteiger partial charge in [-0.3, -0.25) is 5.32 Å². The molecule has 2 amide bonds. The van der Waals surface area contributed by atoms with Crippen molar-refractivity contribution in [1.29, 1.82) is 0 Å². The van der Waals surface area contributed by atoms with Crippen molar-refractivity contribution >= 4 is 28.5 Å². The van der Waals surface area contributed by atoms with E-state index in [0.29, 0.717) is 24.5 Å². The van der Waals surface area contributed by atoms with Crippen molar-refractivity contribution < 1.29 is 14.7 Å². The molecule has 1 unspecified atom stereocenters. The molecule has 8 heteroatoms. The standard InChI is InChI=1S/C10H14N4O3S/c1-6-12-13-8(18-6)11-9(17)14-5-3-4-10(14,2)7(15)16/h3-5H2,1-2H3,(H,15,16)(H,11,13,17). The lowest BCUT2D eigenvalue weighted by atomic mass is 10.00. The number of carbonyl (C=O) groups excluding carboxylic acids is 1. The van der Waals surface area contributed by atoms with Crippen LogP contribution in [0, 0.1) is 6.92 Å². The van der Waals surface area contributed by atoms with Crippen molar-refractivity contribution in [2.24, 2.45) is 0 Å². The zero-order valence-corrected chi connectivity index (χ0v) is 11.0. The maximum Gasteiger partial charge on any atom is 0.329 e. The molecule has 1 aromatic rings. The summed E-state index contributed by atoms with van der Waals surface area (Å²) in [6.07, 6.45) is 1.15. The van der Waals surface area contributed by atoms with Gasteiger partial charge in [-0.15, -0.1) is 10.2 Å². The van der Waals surface area contributed by atoms with Crippen LogP contribution in [-0.2, 0) is 4.79 Å². The quantitative estimate of drug-likeness (QED) is 0.845. The first-order chi connectivity index (χ1) is 8.43. The molecule has 18 heavy (non-hydrogen) atoms. The highest BCUT2D eigenvalue weighted by atomic mass is 32.1. The number of rotatable bonds is 2. The van der Waals surface area contributed by atoms with Gasteiger partial charge in [0.2, 0.25) is 5.13 Å². The van der Waals surface area contributed by atoms with E-state index in [0.717, 1.165) is 5.01 Å². The van der Waals surface area contributed by atoms with E-state index in [1.54, 1.807) is 13.8 Å². The fourth-order valence-corrected chi connectivity index (χ4v) is 2.60. The third-order valence-corrected chi connectivity index (χ3v) is 3.84. The Hall–Kier alpha value is -1.70. The second-order valence-electron chi connectivity index (χ2n) is 4.39. The number of carbonyl (C=O) groups is 2. The van der Waals surface area contributed by atoms with Crippen LogP contribution in [0.25, 0.3) is 0 Å². The molecule has 1 aliphatic rings. The molecule has 1 aliphatic heterocycles. The Balaban J connectivity index is 2.11. The molecule has 0 aliphatic carbocycles. The third kappa shape index (κ3) is 2.15.